The highest BCUT2D eigenvalue weighted by Gasteiger charge is 2.41. The van der Waals surface area contributed by atoms with E-state index in [1.54, 1.807) is 20.0 Å². The number of carbonyl (C=O) groups excluding carboxylic acids is 1. The molecule has 0 bridgehead atoms. The number of carboxylic acids is 1. The zero-order valence-electron chi connectivity index (χ0n) is 13.8. The minimum atomic E-state index is -1.20. The summed E-state index contributed by atoms with van der Waals surface area (Å²) < 4.78 is 0. The van der Waals surface area contributed by atoms with Crippen molar-refractivity contribution in [2.75, 3.05) is 20.1 Å². The molecule has 1 unspecified atom stereocenters. The van der Waals surface area contributed by atoms with Gasteiger partial charge < -0.3 is 10.4 Å². The van der Waals surface area contributed by atoms with E-state index in [0.717, 1.165) is 0 Å². The Kier molecular flexibility index (Phi) is 4.13. The first-order chi connectivity index (χ1) is 11.8. The molecule has 2 heterocycles. The number of Topliss-reactive ketones (excluding diaryl/α,β-unsaturated/α-hetero) is 1. The molecule has 0 aliphatic carbocycles. The highest BCUT2D eigenvalue weighted by Crippen LogP contribution is 2.43. The number of dihydropyridines is 1. The first kappa shape index (κ1) is 16.8. The molecule has 8 nitrogen and oxygen atoms in total. The van der Waals surface area contributed by atoms with Gasteiger partial charge in [0.25, 0.3) is 5.69 Å². The summed E-state index contributed by atoms with van der Waals surface area (Å²) in [5, 5.41) is 24.1. The number of nitro groups is 1. The van der Waals surface area contributed by atoms with Gasteiger partial charge in [-0.05, 0) is 14.0 Å². The number of hydrogen-bond donors (Lipinski definition) is 2. The zero-order valence-corrected chi connectivity index (χ0v) is 13.8. The Hall–Kier alpha value is -3.00. The van der Waals surface area contributed by atoms with Crippen LogP contribution >= 0.6 is 0 Å². The molecular formula is C17H17N3O5. The highest BCUT2D eigenvalue weighted by molar-refractivity contribution is 6.04. The Morgan fingerprint density at radius 1 is 1.36 bits per heavy atom. The zero-order chi connectivity index (χ0) is 18.3. The van der Waals surface area contributed by atoms with Crippen LogP contribution in [0.2, 0.25) is 0 Å². The smallest absolute Gasteiger partial charge is 0.334 e. The van der Waals surface area contributed by atoms with Gasteiger partial charge in [-0.1, -0.05) is 18.2 Å². The van der Waals surface area contributed by atoms with Crippen LogP contribution in [0.15, 0.2) is 46.8 Å². The average Bonchev–Trinajstić information content (AvgIpc) is 2.52. The van der Waals surface area contributed by atoms with Gasteiger partial charge in [0, 0.05) is 35.1 Å². The molecule has 2 N–H and O–H groups in total. The van der Waals surface area contributed by atoms with Crippen molar-refractivity contribution in [1.29, 1.82) is 0 Å². The van der Waals surface area contributed by atoms with E-state index in [-0.39, 0.29) is 29.2 Å². The number of aliphatic carboxylic acids is 1. The molecule has 3 rings (SSSR count). The van der Waals surface area contributed by atoms with Gasteiger partial charge in [-0.15, -0.1) is 0 Å². The minimum absolute atomic E-state index is 0.0362. The largest absolute Gasteiger partial charge is 0.478 e. The monoisotopic (exact) mass is 343 g/mol. The first-order valence-corrected chi connectivity index (χ1v) is 7.70. The van der Waals surface area contributed by atoms with E-state index in [1.807, 2.05) is 4.90 Å². The van der Waals surface area contributed by atoms with Gasteiger partial charge in [0.15, 0.2) is 5.78 Å². The lowest BCUT2D eigenvalue weighted by atomic mass is 9.77. The van der Waals surface area contributed by atoms with E-state index in [2.05, 4.69) is 5.32 Å². The summed E-state index contributed by atoms with van der Waals surface area (Å²) in [5.74, 6) is -2.39. The molecule has 0 fully saturated rings. The second kappa shape index (κ2) is 6.14. The van der Waals surface area contributed by atoms with Gasteiger partial charge in [-0.2, -0.15) is 0 Å². The normalized spacial score (nSPS) is 21.0. The van der Waals surface area contributed by atoms with Crippen LogP contribution in [0.3, 0.4) is 0 Å². The van der Waals surface area contributed by atoms with Gasteiger partial charge in [0.2, 0.25) is 0 Å². The Morgan fingerprint density at radius 2 is 2.04 bits per heavy atom. The van der Waals surface area contributed by atoms with Crippen molar-refractivity contribution in [1.82, 2.24) is 10.2 Å². The van der Waals surface area contributed by atoms with Crippen molar-refractivity contribution >= 4 is 17.4 Å². The second-order valence-corrected chi connectivity index (χ2v) is 6.21. The van der Waals surface area contributed by atoms with E-state index in [4.69, 9.17) is 0 Å². The number of nitro benzene ring substituents is 1. The summed E-state index contributed by atoms with van der Waals surface area (Å²) in [6.45, 7) is 2.19. The summed E-state index contributed by atoms with van der Waals surface area (Å²) in [7, 11) is 1.79. The van der Waals surface area contributed by atoms with E-state index in [1.165, 1.54) is 18.2 Å². The Labute approximate surface area is 143 Å². The van der Waals surface area contributed by atoms with Gasteiger partial charge in [-0.25, -0.2) is 4.79 Å². The average molecular weight is 343 g/mol. The molecule has 25 heavy (non-hydrogen) atoms. The topological polar surface area (TPSA) is 113 Å². The van der Waals surface area contributed by atoms with E-state index in [9.17, 15) is 24.8 Å². The molecule has 1 atom stereocenters. The summed E-state index contributed by atoms with van der Waals surface area (Å²) >= 11 is 0. The summed E-state index contributed by atoms with van der Waals surface area (Å²) in [5.41, 5.74) is 1.28. The number of hydrogen-bond acceptors (Lipinski definition) is 6. The molecule has 0 saturated heterocycles. The minimum Gasteiger partial charge on any atom is -0.478 e. The lowest BCUT2D eigenvalue weighted by Crippen LogP contribution is -2.43. The number of nitrogens with zero attached hydrogens (tertiary/aromatic N) is 2. The number of carbonyl (C=O) groups is 2. The maximum absolute atomic E-state index is 12.7. The van der Waals surface area contributed by atoms with Crippen molar-refractivity contribution in [3.05, 3.63) is 62.5 Å². The number of likely N-dealkylation sites (N-methyl/N-ethyl adjacent to an activating group) is 1. The van der Waals surface area contributed by atoms with Crippen molar-refractivity contribution in [2.45, 2.75) is 12.8 Å². The number of allylic oxidation sites excluding steroid dienone is 1. The maximum Gasteiger partial charge on any atom is 0.334 e. The molecule has 2 aliphatic rings. The lowest BCUT2D eigenvalue weighted by Gasteiger charge is -2.36. The molecule has 0 aromatic heterocycles. The third-order valence-corrected chi connectivity index (χ3v) is 4.46. The molecule has 0 spiro atoms. The Morgan fingerprint density at radius 3 is 2.68 bits per heavy atom. The molecule has 1 aromatic rings. The third kappa shape index (κ3) is 2.80. The van der Waals surface area contributed by atoms with Crippen LogP contribution < -0.4 is 5.32 Å². The van der Waals surface area contributed by atoms with Crippen molar-refractivity contribution in [2.24, 2.45) is 0 Å². The first-order valence-electron chi connectivity index (χ1n) is 7.70. The number of ketones is 1. The molecule has 130 valence electrons. The molecule has 8 heteroatoms. The van der Waals surface area contributed by atoms with Crippen molar-refractivity contribution in [3.63, 3.8) is 0 Å². The lowest BCUT2D eigenvalue weighted by molar-refractivity contribution is -0.385. The summed E-state index contributed by atoms with van der Waals surface area (Å²) in [6.07, 6.45) is 0. The fraction of sp³-hybridized carbons (Fsp3) is 0.294. The predicted octanol–water partition coefficient (Wildman–Crippen LogP) is 1.41. The second-order valence-electron chi connectivity index (χ2n) is 6.21. The highest BCUT2D eigenvalue weighted by atomic mass is 16.6. The fourth-order valence-corrected chi connectivity index (χ4v) is 3.50. The van der Waals surface area contributed by atoms with Gasteiger partial charge >= 0.3 is 5.97 Å². The summed E-state index contributed by atoms with van der Waals surface area (Å²) in [6, 6.07) is 5.97. The van der Waals surface area contributed by atoms with Crippen LogP contribution in [-0.4, -0.2) is 46.8 Å². The number of nitrogens with one attached hydrogen (secondary N) is 1. The van der Waals surface area contributed by atoms with Crippen LogP contribution in [0.5, 0.6) is 0 Å². The van der Waals surface area contributed by atoms with Crippen molar-refractivity contribution in [3.8, 4) is 0 Å². The van der Waals surface area contributed by atoms with Gasteiger partial charge in [0.1, 0.15) is 0 Å². The predicted molar refractivity (Wildman–Crippen MR) is 88.8 cm³/mol. The van der Waals surface area contributed by atoms with Crippen LogP contribution in [0.25, 0.3) is 0 Å². The maximum atomic E-state index is 12.7. The molecule has 0 radical (unpaired) electrons. The fourth-order valence-electron chi connectivity index (χ4n) is 3.50. The molecule has 1 aromatic carbocycles. The van der Waals surface area contributed by atoms with E-state index in [0.29, 0.717) is 23.5 Å². The quantitative estimate of drug-likeness (QED) is 0.630. The molecule has 0 saturated carbocycles. The SMILES string of the molecule is CC1=C(C(=O)O)C(c2ccccc2[N+](=O)[O-])C2=C(CN(C)CC2=O)N1. The number of benzene rings is 1. The van der Waals surface area contributed by atoms with Crippen molar-refractivity contribution < 1.29 is 19.6 Å². The molecule has 0 amide bonds. The van der Waals surface area contributed by atoms with E-state index < -0.39 is 16.8 Å². The van der Waals surface area contributed by atoms with Crippen LogP contribution in [0.1, 0.15) is 18.4 Å². The third-order valence-electron chi connectivity index (χ3n) is 4.46. The Bertz CT molecular complexity index is 856. The standard InChI is InChI=1S/C17H17N3O5/c1-9-14(17(22)23)15(10-5-3-4-6-12(10)20(24)25)16-11(18-9)7-19(2)8-13(16)21/h3-6,15,18H,7-8H2,1-2H3,(H,22,23). The molecule has 2 aliphatic heterocycles. The number of rotatable bonds is 3. The van der Waals surface area contributed by atoms with Gasteiger partial charge in [0.05, 0.1) is 23.0 Å². The number of carboxylic acid groups (broad SMARTS) is 1. The van der Waals surface area contributed by atoms with Gasteiger partial charge in [-0.3, -0.25) is 19.8 Å². The molecular weight excluding hydrogens is 326 g/mol. The van der Waals surface area contributed by atoms with Crippen LogP contribution in [-0.2, 0) is 9.59 Å². The number of para-hydroxylation sites is 1. The van der Waals surface area contributed by atoms with Crippen LogP contribution in [0, 0.1) is 10.1 Å². The Balaban J connectivity index is 2.28. The summed E-state index contributed by atoms with van der Waals surface area (Å²) in [4.78, 5) is 37.2. The van der Waals surface area contributed by atoms with E-state index >= 15 is 0 Å². The van der Waals surface area contributed by atoms with Crippen LogP contribution in [0.4, 0.5) is 5.69 Å².